The van der Waals surface area contributed by atoms with Crippen LogP contribution in [0.3, 0.4) is 0 Å². The first kappa shape index (κ1) is 20.2. The summed E-state index contributed by atoms with van der Waals surface area (Å²) in [6.45, 7) is 1.80. The van der Waals surface area contributed by atoms with Gasteiger partial charge in [-0.05, 0) is 31.2 Å². The van der Waals surface area contributed by atoms with Crippen molar-refractivity contribution in [1.82, 2.24) is 0 Å². The largest absolute Gasteiger partial charge is 0.457 e. The van der Waals surface area contributed by atoms with Gasteiger partial charge in [0.15, 0.2) is 16.0 Å². The zero-order valence-corrected chi connectivity index (χ0v) is 16.9. The van der Waals surface area contributed by atoms with E-state index in [2.05, 4.69) is 15.9 Å². The molecule has 0 heterocycles. The Balaban J connectivity index is 2.19. The van der Waals surface area contributed by atoms with Crippen molar-refractivity contribution in [2.75, 3.05) is 12.9 Å². The summed E-state index contributed by atoms with van der Waals surface area (Å²) in [5.74, 6) is -0.329. The molecule has 1 aliphatic carbocycles. The highest BCUT2D eigenvalue weighted by molar-refractivity contribution is 9.10. The lowest BCUT2D eigenvalue weighted by Gasteiger charge is -2.18. The van der Waals surface area contributed by atoms with E-state index in [1.807, 2.05) is 0 Å². The van der Waals surface area contributed by atoms with Gasteiger partial charge in [-0.15, -0.1) is 0 Å². The standard InChI is InChI=1S/C18H17BrF2O5S/c1-3-25-18-14-12(26-11-7-9(19)6-10(20)8-11)4-5-13(27(2,23)24)15(14)17(22)16(18)21/h4-8,16-18,22H,3H2,1-2H3/t16-,17?,18-/m0/s1. The van der Waals surface area contributed by atoms with E-state index < -0.39 is 34.0 Å². The Labute approximate surface area is 164 Å². The van der Waals surface area contributed by atoms with E-state index in [0.29, 0.717) is 4.47 Å². The predicted molar refractivity (Wildman–Crippen MR) is 97.9 cm³/mol. The van der Waals surface area contributed by atoms with Gasteiger partial charge in [-0.1, -0.05) is 15.9 Å². The second-order valence-electron chi connectivity index (χ2n) is 6.13. The number of aliphatic hydroxyl groups excluding tert-OH is 1. The molecule has 1 aliphatic rings. The molecule has 0 saturated heterocycles. The number of sulfone groups is 1. The summed E-state index contributed by atoms with van der Waals surface area (Å²) in [6, 6.07) is 6.48. The first-order chi connectivity index (χ1) is 12.6. The van der Waals surface area contributed by atoms with Gasteiger partial charge < -0.3 is 14.6 Å². The minimum atomic E-state index is -3.73. The third-order valence-corrected chi connectivity index (χ3v) is 5.80. The summed E-state index contributed by atoms with van der Waals surface area (Å²) in [4.78, 5) is -0.192. The molecule has 3 atom stereocenters. The molecular weight excluding hydrogens is 446 g/mol. The number of rotatable bonds is 5. The number of alkyl halides is 1. The van der Waals surface area contributed by atoms with Crippen LogP contribution < -0.4 is 4.74 Å². The van der Waals surface area contributed by atoms with E-state index in [-0.39, 0.29) is 34.1 Å². The van der Waals surface area contributed by atoms with E-state index in [4.69, 9.17) is 9.47 Å². The van der Waals surface area contributed by atoms with E-state index in [0.717, 1.165) is 12.3 Å². The van der Waals surface area contributed by atoms with Gasteiger partial charge >= 0.3 is 0 Å². The molecule has 1 unspecified atom stereocenters. The third-order valence-electron chi connectivity index (χ3n) is 4.19. The Morgan fingerprint density at radius 1 is 1.22 bits per heavy atom. The maximum Gasteiger partial charge on any atom is 0.175 e. The lowest BCUT2D eigenvalue weighted by atomic mass is 10.1. The number of benzene rings is 2. The highest BCUT2D eigenvalue weighted by Crippen LogP contribution is 2.50. The molecule has 2 aromatic rings. The first-order valence-corrected chi connectivity index (χ1v) is 10.8. The predicted octanol–water partition coefficient (Wildman–Crippen LogP) is 4.25. The maximum absolute atomic E-state index is 14.7. The topological polar surface area (TPSA) is 72.8 Å². The summed E-state index contributed by atoms with van der Waals surface area (Å²) in [6.07, 6.45) is -3.76. The van der Waals surface area contributed by atoms with Crippen LogP contribution in [0.1, 0.15) is 30.3 Å². The van der Waals surface area contributed by atoms with E-state index >= 15 is 0 Å². The van der Waals surface area contributed by atoms with Crippen LogP contribution in [-0.2, 0) is 14.6 Å². The molecule has 1 N–H and O–H groups in total. The van der Waals surface area contributed by atoms with Gasteiger partial charge in [0.05, 0.1) is 4.90 Å². The second-order valence-corrected chi connectivity index (χ2v) is 9.03. The molecule has 0 spiro atoms. The van der Waals surface area contributed by atoms with Gasteiger partial charge in [-0.2, -0.15) is 0 Å². The number of hydrogen-bond donors (Lipinski definition) is 1. The fourth-order valence-corrected chi connectivity index (χ4v) is 4.55. The van der Waals surface area contributed by atoms with Crippen LogP contribution in [0.5, 0.6) is 11.5 Å². The average Bonchev–Trinajstić information content (AvgIpc) is 2.79. The van der Waals surface area contributed by atoms with Gasteiger partial charge in [-0.25, -0.2) is 17.2 Å². The van der Waals surface area contributed by atoms with Crippen molar-refractivity contribution in [3.05, 3.63) is 51.7 Å². The Kier molecular flexibility index (Phi) is 5.58. The molecule has 2 aromatic carbocycles. The number of ether oxygens (including phenoxy) is 2. The minimum absolute atomic E-state index is 0.0866. The zero-order valence-electron chi connectivity index (χ0n) is 14.4. The molecule has 0 bridgehead atoms. The molecule has 9 heteroatoms. The summed E-state index contributed by atoms with van der Waals surface area (Å²) < 4.78 is 64.1. The molecule has 0 radical (unpaired) electrons. The molecule has 27 heavy (non-hydrogen) atoms. The van der Waals surface area contributed by atoms with Crippen LogP contribution in [0.4, 0.5) is 8.78 Å². The normalized spacial score (nSPS) is 21.9. The molecular formula is C18H17BrF2O5S. The van der Waals surface area contributed by atoms with Gasteiger partial charge in [0, 0.05) is 34.5 Å². The number of hydrogen-bond acceptors (Lipinski definition) is 5. The van der Waals surface area contributed by atoms with Crippen molar-refractivity contribution in [2.24, 2.45) is 0 Å². The van der Waals surface area contributed by atoms with Gasteiger partial charge in [0.2, 0.25) is 0 Å². The Morgan fingerprint density at radius 3 is 2.52 bits per heavy atom. The summed E-state index contributed by atoms with van der Waals surface area (Å²) in [5, 5.41) is 10.3. The van der Waals surface area contributed by atoms with Crippen molar-refractivity contribution >= 4 is 25.8 Å². The molecule has 0 aliphatic heterocycles. The molecule has 0 aromatic heterocycles. The summed E-state index contributed by atoms with van der Waals surface area (Å²) in [7, 11) is -3.73. The molecule has 146 valence electrons. The van der Waals surface area contributed by atoms with E-state index in [1.54, 1.807) is 6.92 Å². The van der Waals surface area contributed by atoms with Crippen molar-refractivity contribution in [3.8, 4) is 11.5 Å². The van der Waals surface area contributed by atoms with Crippen molar-refractivity contribution < 1.29 is 31.8 Å². The van der Waals surface area contributed by atoms with E-state index in [9.17, 15) is 22.3 Å². The molecule has 0 saturated carbocycles. The van der Waals surface area contributed by atoms with Crippen molar-refractivity contribution in [1.29, 1.82) is 0 Å². The van der Waals surface area contributed by atoms with Gasteiger partial charge in [0.25, 0.3) is 0 Å². The Bertz CT molecular complexity index is 960. The molecule has 0 fully saturated rings. The Morgan fingerprint density at radius 2 is 1.93 bits per heavy atom. The zero-order chi connectivity index (χ0) is 19.9. The quantitative estimate of drug-likeness (QED) is 0.718. The van der Waals surface area contributed by atoms with Crippen molar-refractivity contribution in [3.63, 3.8) is 0 Å². The monoisotopic (exact) mass is 462 g/mol. The van der Waals surface area contributed by atoms with Crippen LogP contribution >= 0.6 is 15.9 Å². The molecule has 3 rings (SSSR count). The lowest BCUT2D eigenvalue weighted by molar-refractivity contribution is -0.0334. The Hall–Kier alpha value is -1.55. The number of fused-ring (bicyclic) bond motifs is 1. The summed E-state index contributed by atoms with van der Waals surface area (Å²) in [5.41, 5.74) is 0.0246. The number of halogens is 3. The molecule has 0 amide bonds. The van der Waals surface area contributed by atoms with Crippen LogP contribution in [0.25, 0.3) is 0 Å². The smallest absolute Gasteiger partial charge is 0.175 e. The van der Waals surface area contributed by atoms with Crippen LogP contribution in [0.15, 0.2) is 39.7 Å². The maximum atomic E-state index is 14.7. The molecule has 5 nitrogen and oxygen atoms in total. The van der Waals surface area contributed by atoms with Gasteiger partial charge in [-0.3, -0.25) is 0 Å². The van der Waals surface area contributed by atoms with Crippen LogP contribution in [0.2, 0.25) is 0 Å². The highest BCUT2D eigenvalue weighted by Gasteiger charge is 2.46. The fraction of sp³-hybridized carbons (Fsp3) is 0.333. The minimum Gasteiger partial charge on any atom is -0.457 e. The SMILES string of the molecule is CCO[C@H]1c2c(Oc3cc(F)cc(Br)c3)ccc(S(C)(=O)=O)c2C(O)[C@@H]1F. The van der Waals surface area contributed by atoms with Crippen LogP contribution in [-0.4, -0.2) is 32.6 Å². The second kappa shape index (κ2) is 7.46. The highest BCUT2D eigenvalue weighted by atomic mass is 79.9. The summed E-state index contributed by atoms with van der Waals surface area (Å²) >= 11 is 3.16. The third kappa shape index (κ3) is 3.87. The van der Waals surface area contributed by atoms with Gasteiger partial charge in [0.1, 0.15) is 29.5 Å². The fourth-order valence-electron chi connectivity index (χ4n) is 3.16. The van der Waals surface area contributed by atoms with E-state index in [1.165, 1.54) is 24.3 Å². The number of aliphatic hydroxyl groups is 1. The van der Waals surface area contributed by atoms with Crippen molar-refractivity contribution in [2.45, 2.75) is 30.2 Å². The first-order valence-electron chi connectivity index (χ1n) is 8.08. The van der Waals surface area contributed by atoms with Crippen LogP contribution in [0, 0.1) is 5.82 Å². The lowest BCUT2D eigenvalue weighted by Crippen LogP contribution is -2.16. The average molecular weight is 463 g/mol.